The molecule has 0 unspecified atom stereocenters. The topological polar surface area (TPSA) is 64.9 Å². The van der Waals surface area contributed by atoms with Gasteiger partial charge in [0.25, 0.3) is 5.89 Å². The van der Waals surface area contributed by atoms with Gasteiger partial charge >= 0.3 is 0 Å². The van der Waals surface area contributed by atoms with Crippen LogP contribution in [0.1, 0.15) is 0 Å². The number of hydrogen-bond acceptors (Lipinski definition) is 4. The molecule has 3 rings (SSSR count). The number of nitrogens with zero attached hydrogens (tertiary/aromatic N) is 2. The van der Waals surface area contributed by atoms with Crippen LogP contribution in [-0.2, 0) is 0 Å². The molecule has 1 aromatic heterocycles. The fourth-order valence-corrected chi connectivity index (χ4v) is 2.40. The molecule has 2 N–H and O–H groups in total. The molecule has 0 radical (unpaired) electrons. The normalized spacial score (nSPS) is 10.6. The number of para-hydroxylation sites is 1. The molecule has 3 aromatic rings. The van der Waals surface area contributed by atoms with Crippen molar-refractivity contribution in [1.82, 2.24) is 10.1 Å². The van der Waals surface area contributed by atoms with E-state index in [1.165, 1.54) is 0 Å². The lowest BCUT2D eigenvalue weighted by Crippen LogP contribution is -1.90. The third kappa shape index (κ3) is 2.33. The lowest BCUT2D eigenvalue weighted by atomic mass is 10.2. The Hall–Kier alpha value is -1.89. The molecule has 0 spiro atoms. The average molecular weight is 363 g/mol. The molecule has 0 aliphatic heterocycles. The minimum absolute atomic E-state index is 0.503. The number of nitrogens with two attached hydrogens (primary N) is 1. The van der Waals surface area contributed by atoms with Crippen molar-refractivity contribution in [2.24, 2.45) is 0 Å². The van der Waals surface area contributed by atoms with Crippen LogP contribution < -0.4 is 5.73 Å². The van der Waals surface area contributed by atoms with E-state index in [4.69, 9.17) is 10.3 Å². The summed E-state index contributed by atoms with van der Waals surface area (Å²) >= 11 is 2.24. The smallest absolute Gasteiger partial charge is 0.259 e. The Morgan fingerprint density at radius 1 is 0.947 bits per heavy atom. The lowest BCUT2D eigenvalue weighted by molar-refractivity contribution is 0.432. The van der Waals surface area contributed by atoms with E-state index in [2.05, 4.69) is 32.7 Å². The van der Waals surface area contributed by atoms with E-state index in [9.17, 15) is 0 Å². The highest BCUT2D eigenvalue weighted by Gasteiger charge is 2.13. The summed E-state index contributed by atoms with van der Waals surface area (Å²) in [5.41, 5.74) is 8.25. The predicted octanol–water partition coefficient (Wildman–Crippen LogP) is 3.59. The fourth-order valence-electron chi connectivity index (χ4n) is 1.78. The van der Waals surface area contributed by atoms with Crippen LogP contribution >= 0.6 is 22.6 Å². The molecule has 0 aliphatic rings. The molecule has 94 valence electrons. The van der Waals surface area contributed by atoms with Crippen molar-refractivity contribution in [2.45, 2.75) is 0 Å². The van der Waals surface area contributed by atoms with Gasteiger partial charge in [-0.1, -0.05) is 29.4 Å². The minimum Gasteiger partial charge on any atom is -0.398 e. The number of aromatic nitrogens is 2. The molecule has 0 aliphatic carbocycles. The Labute approximate surface area is 123 Å². The monoisotopic (exact) mass is 363 g/mol. The van der Waals surface area contributed by atoms with E-state index in [0.29, 0.717) is 17.4 Å². The second kappa shape index (κ2) is 5.00. The summed E-state index contributed by atoms with van der Waals surface area (Å²) in [4.78, 5) is 4.41. The van der Waals surface area contributed by atoms with Crippen LogP contribution in [0.5, 0.6) is 0 Å². The van der Waals surface area contributed by atoms with Gasteiger partial charge < -0.3 is 10.3 Å². The van der Waals surface area contributed by atoms with Crippen LogP contribution in [0.2, 0.25) is 0 Å². The van der Waals surface area contributed by atoms with Crippen molar-refractivity contribution >= 4 is 28.3 Å². The Bertz CT molecular complexity index is 664. The van der Waals surface area contributed by atoms with Crippen molar-refractivity contribution in [1.29, 1.82) is 0 Å². The number of anilines is 1. The Morgan fingerprint density at radius 3 is 2.37 bits per heavy atom. The predicted molar refractivity (Wildman–Crippen MR) is 82.3 cm³/mol. The molecule has 0 bridgehead atoms. The van der Waals surface area contributed by atoms with E-state index in [1.54, 1.807) is 0 Å². The molecule has 19 heavy (non-hydrogen) atoms. The highest BCUT2D eigenvalue weighted by molar-refractivity contribution is 14.1. The van der Waals surface area contributed by atoms with Crippen molar-refractivity contribution in [3.63, 3.8) is 0 Å². The summed E-state index contributed by atoms with van der Waals surface area (Å²) in [6, 6.07) is 15.3. The maximum absolute atomic E-state index is 5.91. The zero-order valence-corrected chi connectivity index (χ0v) is 12.0. The number of nitrogen functional groups attached to an aromatic ring is 1. The Balaban J connectivity index is 2.06. The number of benzene rings is 2. The minimum atomic E-state index is 0.503. The van der Waals surface area contributed by atoms with Gasteiger partial charge in [0.05, 0.1) is 5.56 Å². The Morgan fingerprint density at radius 2 is 1.63 bits per heavy atom. The van der Waals surface area contributed by atoms with E-state index in [1.807, 2.05) is 48.5 Å². The molecule has 2 aromatic carbocycles. The maximum Gasteiger partial charge on any atom is 0.259 e. The average Bonchev–Trinajstić information content (AvgIpc) is 2.89. The van der Waals surface area contributed by atoms with Crippen molar-refractivity contribution in [3.8, 4) is 22.8 Å². The summed E-state index contributed by atoms with van der Waals surface area (Å²) in [7, 11) is 0. The van der Waals surface area contributed by atoms with Gasteiger partial charge in [-0.2, -0.15) is 4.98 Å². The van der Waals surface area contributed by atoms with Gasteiger partial charge in [0.1, 0.15) is 0 Å². The first-order valence-corrected chi connectivity index (χ1v) is 6.77. The molecule has 0 fully saturated rings. The van der Waals surface area contributed by atoms with E-state index < -0.39 is 0 Å². The number of halogens is 1. The first-order chi connectivity index (χ1) is 9.25. The Kier molecular flexibility index (Phi) is 3.20. The van der Waals surface area contributed by atoms with Crippen molar-refractivity contribution in [2.75, 3.05) is 5.73 Å². The zero-order chi connectivity index (χ0) is 13.2. The van der Waals surface area contributed by atoms with Gasteiger partial charge in [-0.25, -0.2) is 0 Å². The fraction of sp³-hybridized carbons (Fsp3) is 0. The van der Waals surface area contributed by atoms with Crippen LogP contribution in [0, 0.1) is 3.57 Å². The number of rotatable bonds is 2. The highest BCUT2D eigenvalue weighted by atomic mass is 127. The van der Waals surface area contributed by atoms with Gasteiger partial charge in [-0.15, -0.1) is 0 Å². The van der Waals surface area contributed by atoms with Crippen molar-refractivity contribution in [3.05, 3.63) is 52.1 Å². The van der Waals surface area contributed by atoms with Crippen LogP contribution in [0.4, 0.5) is 5.69 Å². The molecule has 5 heteroatoms. The molecule has 0 atom stereocenters. The highest BCUT2D eigenvalue weighted by Crippen LogP contribution is 2.28. The first-order valence-electron chi connectivity index (χ1n) is 5.69. The molecule has 4 nitrogen and oxygen atoms in total. The largest absolute Gasteiger partial charge is 0.398 e. The summed E-state index contributed by atoms with van der Waals surface area (Å²) in [5.74, 6) is 1.01. The first kappa shape index (κ1) is 12.2. The quantitative estimate of drug-likeness (QED) is 0.558. The van der Waals surface area contributed by atoms with Gasteiger partial charge in [0.15, 0.2) is 0 Å². The van der Waals surface area contributed by atoms with Crippen LogP contribution in [0.25, 0.3) is 22.8 Å². The van der Waals surface area contributed by atoms with Gasteiger partial charge in [0, 0.05) is 14.8 Å². The molecule has 1 heterocycles. The van der Waals surface area contributed by atoms with E-state index in [-0.39, 0.29) is 0 Å². The SMILES string of the molecule is Nc1ccccc1-c1noc(-c2ccccc2I)n1. The van der Waals surface area contributed by atoms with E-state index in [0.717, 1.165) is 14.7 Å². The lowest BCUT2D eigenvalue weighted by Gasteiger charge is -1.98. The van der Waals surface area contributed by atoms with Crippen LogP contribution in [-0.4, -0.2) is 10.1 Å². The second-order valence-corrected chi connectivity index (χ2v) is 5.15. The molecule has 0 amide bonds. The van der Waals surface area contributed by atoms with Gasteiger partial charge in [0.2, 0.25) is 5.82 Å². The molecule has 0 saturated carbocycles. The second-order valence-electron chi connectivity index (χ2n) is 3.99. The molecular formula is C14H10IN3O. The van der Waals surface area contributed by atoms with Gasteiger partial charge in [-0.05, 0) is 46.9 Å². The third-order valence-electron chi connectivity index (χ3n) is 2.73. The zero-order valence-electron chi connectivity index (χ0n) is 9.88. The molecular weight excluding hydrogens is 353 g/mol. The van der Waals surface area contributed by atoms with Crippen LogP contribution in [0.15, 0.2) is 53.1 Å². The third-order valence-corrected chi connectivity index (χ3v) is 3.67. The maximum atomic E-state index is 5.91. The standard InChI is InChI=1S/C14H10IN3O/c15-11-7-3-1-5-9(11)14-17-13(18-19-14)10-6-2-4-8-12(10)16/h1-8H,16H2. The summed E-state index contributed by atoms with van der Waals surface area (Å²) < 4.78 is 6.39. The summed E-state index contributed by atoms with van der Waals surface area (Å²) in [6.07, 6.45) is 0. The molecule has 0 saturated heterocycles. The number of hydrogen-bond donors (Lipinski definition) is 1. The van der Waals surface area contributed by atoms with Crippen molar-refractivity contribution < 1.29 is 4.52 Å². The van der Waals surface area contributed by atoms with Gasteiger partial charge in [-0.3, -0.25) is 0 Å². The van der Waals surface area contributed by atoms with E-state index >= 15 is 0 Å². The van der Waals surface area contributed by atoms with Crippen LogP contribution in [0.3, 0.4) is 0 Å². The summed E-state index contributed by atoms with van der Waals surface area (Å²) in [5, 5.41) is 4.00. The summed E-state index contributed by atoms with van der Waals surface area (Å²) in [6.45, 7) is 0.